The van der Waals surface area contributed by atoms with Gasteiger partial charge in [0, 0.05) is 23.5 Å². The second-order valence-electron chi connectivity index (χ2n) is 5.25. The van der Waals surface area contributed by atoms with Crippen molar-refractivity contribution in [3.63, 3.8) is 0 Å². The maximum absolute atomic E-state index is 12.9. The number of carbonyl (C=O) groups excluding carboxylic acids is 1. The second kappa shape index (κ2) is 8.78. The first-order valence-corrected chi connectivity index (χ1v) is 8.82. The van der Waals surface area contributed by atoms with Crippen molar-refractivity contribution in [2.75, 3.05) is 12.8 Å². The minimum atomic E-state index is -0.480. The van der Waals surface area contributed by atoms with Crippen molar-refractivity contribution in [1.82, 2.24) is 4.90 Å². The molecule has 0 aliphatic rings. The van der Waals surface area contributed by atoms with Gasteiger partial charge in [0.1, 0.15) is 5.56 Å². The van der Waals surface area contributed by atoms with E-state index in [9.17, 15) is 14.9 Å². The summed E-state index contributed by atoms with van der Waals surface area (Å²) >= 11 is 1.47. The lowest BCUT2D eigenvalue weighted by atomic mass is 10.1. The quantitative estimate of drug-likeness (QED) is 0.405. The summed E-state index contributed by atoms with van der Waals surface area (Å²) in [5.74, 6) is -0.245. The van der Waals surface area contributed by atoms with E-state index in [2.05, 4.69) is 6.92 Å². The number of hydrogen-bond donors (Lipinski definition) is 0. The molecule has 1 amide bonds. The number of nitrogens with zero attached hydrogens (tertiary/aromatic N) is 2. The maximum Gasteiger partial charge on any atom is 0.282 e. The largest absolute Gasteiger partial charge is 0.336 e. The summed E-state index contributed by atoms with van der Waals surface area (Å²) in [4.78, 5) is 26.2. The van der Waals surface area contributed by atoms with Gasteiger partial charge in [-0.1, -0.05) is 20.3 Å². The molecule has 0 N–H and O–H groups in total. The third kappa shape index (κ3) is 4.47. The Hall–Kier alpha value is -1.56. The Morgan fingerprint density at radius 2 is 2.09 bits per heavy atom. The highest BCUT2D eigenvalue weighted by atomic mass is 32.2. The Morgan fingerprint density at radius 1 is 1.41 bits per heavy atom. The van der Waals surface area contributed by atoms with Gasteiger partial charge in [0.25, 0.3) is 11.6 Å². The lowest BCUT2D eigenvalue weighted by molar-refractivity contribution is -0.385. The minimum Gasteiger partial charge on any atom is -0.336 e. The normalized spacial score (nSPS) is 12.0. The van der Waals surface area contributed by atoms with Crippen LogP contribution in [0.5, 0.6) is 0 Å². The second-order valence-corrected chi connectivity index (χ2v) is 6.13. The van der Waals surface area contributed by atoms with Gasteiger partial charge >= 0.3 is 0 Å². The summed E-state index contributed by atoms with van der Waals surface area (Å²) < 4.78 is 0. The maximum atomic E-state index is 12.9. The lowest BCUT2D eigenvalue weighted by Gasteiger charge is -2.28. The zero-order valence-electron chi connectivity index (χ0n) is 13.7. The van der Waals surface area contributed by atoms with Crippen molar-refractivity contribution in [1.29, 1.82) is 0 Å². The van der Waals surface area contributed by atoms with Gasteiger partial charge in [0.05, 0.1) is 4.92 Å². The third-order valence-corrected chi connectivity index (χ3v) is 4.49. The molecule has 1 aromatic rings. The zero-order chi connectivity index (χ0) is 16.7. The van der Waals surface area contributed by atoms with Crippen LogP contribution >= 0.6 is 11.8 Å². The zero-order valence-corrected chi connectivity index (χ0v) is 14.5. The first-order chi connectivity index (χ1) is 10.5. The first-order valence-electron chi connectivity index (χ1n) is 7.59. The van der Waals surface area contributed by atoms with Gasteiger partial charge in [-0.3, -0.25) is 14.9 Å². The monoisotopic (exact) mass is 324 g/mol. The smallest absolute Gasteiger partial charge is 0.282 e. The third-order valence-electron chi connectivity index (χ3n) is 3.77. The number of nitro benzene ring substituents is 1. The number of benzene rings is 1. The topological polar surface area (TPSA) is 63.5 Å². The first kappa shape index (κ1) is 18.5. The highest BCUT2D eigenvalue weighted by Crippen LogP contribution is 2.27. The van der Waals surface area contributed by atoms with Crippen molar-refractivity contribution in [3.8, 4) is 0 Å². The van der Waals surface area contributed by atoms with Crippen molar-refractivity contribution >= 4 is 23.4 Å². The van der Waals surface area contributed by atoms with Gasteiger partial charge in [-0.15, -0.1) is 11.8 Å². The molecule has 6 heteroatoms. The van der Waals surface area contributed by atoms with Crippen molar-refractivity contribution in [2.45, 2.75) is 51.0 Å². The number of unbranched alkanes of at least 4 members (excludes halogenated alkanes) is 1. The molecule has 0 fully saturated rings. The molecule has 0 bridgehead atoms. The summed E-state index contributed by atoms with van der Waals surface area (Å²) in [6, 6.07) is 4.80. The molecule has 122 valence electrons. The van der Waals surface area contributed by atoms with Crippen LogP contribution in [0, 0.1) is 10.1 Å². The van der Waals surface area contributed by atoms with Crippen molar-refractivity contribution < 1.29 is 9.72 Å². The lowest BCUT2D eigenvalue weighted by Crippen LogP contribution is -2.39. The number of nitro groups is 1. The molecule has 0 aliphatic carbocycles. The molecule has 1 rings (SSSR count). The fourth-order valence-corrected chi connectivity index (χ4v) is 2.64. The van der Waals surface area contributed by atoms with Gasteiger partial charge in [-0.05, 0) is 38.2 Å². The number of rotatable bonds is 8. The van der Waals surface area contributed by atoms with E-state index < -0.39 is 4.92 Å². The molecular weight excluding hydrogens is 300 g/mol. The Morgan fingerprint density at radius 3 is 2.59 bits per heavy atom. The van der Waals surface area contributed by atoms with E-state index >= 15 is 0 Å². The van der Waals surface area contributed by atoms with Gasteiger partial charge < -0.3 is 4.90 Å². The molecule has 0 radical (unpaired) electrons. The SMILES string of the molecule is CCCCN(C(=O)c1cc(SC)ccc1[N+](=O)[O-])C(C)CC. The molecule has 22 heavy (non-hydrogen) atoms. The average Bonchev–Trinajstić information content (AvgIpc) is 2.53. The Labute approximate surface area is 136 Å². The van der Waals surface area contributed by atoms with Gasteiger partial charge in [0.2, 0.25) is 0 Å². The van der Waals surface area contributed by atoms with Crippen LogP contribution in [0.1, 0.15) is 50.4 Å². The molecule has 1 atom stereocenters. The van der Waals surface area contributed by atoms with Crippen LogP contribution in [0.15, 0.2) is 23.1 Å². The molecule has 1 aromatic carbocycles. The molecule has 1 unspecified atom stereocenters. The van der Waals surface area contributed by atoms with Crippen LogP contribution in [-0.4, -0.2) is 34.6 Å². The Kier molecular flexibility index (Phi) is 7.38. The predicted molar refractivity (Wildman–Crippen MR) is 90.6 cm³/mol. The van der Waals surface area contributed by atoms with Gasteiger partial charge in [-0.25, -0.2) is 0 Å². The van der Waals surface area contributed by atoms with Crippen molar-refractivity contribution in [2.24, 2.45) is 0 Å². The highest BCUT2D eigenvalue weighted by Gasteiger charge is 2.27. The van der Waals surface area contributed by atoms with E-state index in [4.69, 9.17) is 0 Å². The molecule has 0 saturated heterocycles. The Balaban J connectivity index is 3.23. The number of carbonyl (C=O) groups is 1. The van der Waals surface area contributed by atoms with Gasteiger partial charge in [-0.2, -0.15) is 0 Å². The molecular formula is C16H24N2O3S. The number of thioether (sulfide) groups is 1. The van der Waals surface area contributed by atoms with E-state index in [1.165, 1.54) is 17.8 Å². The van der Waals surface area contributed by atoms with Crippen LogP contribution in [-0.2, 0) is 0 Å². The van der Waals surface area contributed by atoms with E-state index in [0.717, 1.165) is 24.2 Å². The van der Waals surface area contributed by atoms with Crippen LogP contribution in [0.25, 0.3) is 0 Å². The van der Waals surface area contributed by atoms with E-state index in [1.807, 2.05) is 20.1 Å². The van der Waals surface area contributed by atoms with Crippen LogP contribution in [0.3, 0.4) is 0 Å². The van der Waals surface area contributed by atoms with Gasteiger partial charge in [0.15, 0.2) is 0 Å². The fraction of sp³-hybridized carbons (Fsp3) is 0.562. The summed E-state index contributed by atoms with van der Waals surface area (Å²) in [7, 11) is 0. The summed E-state index contributed by atoms with van der Waals surface area (Å²) in [6.45, 7) is 6.70. The van der Waals surface area contributed by atoms with Crippen LogP contribution in [0.4, 0.5) is 5.69 Å². The molecule has 0 aromatic heterocycles. The highest BCUT2D eigenvalue weighted by molar-refractivity contribution is 7.98. The number of amides is 1. The van der Waals surface area contributed by atoms with E-state index in [1.54, 1.807) is 17.0 Å². The fourth-order valence-electron chi connectivity index (χ4n) is 2.20. The summed E-state index contributed by atoms with van der Waals surface area (Å²) in [5.41, 5.74) is 0.0702. The molecule has 5 nitrogen and oxygen atoms in total. The Bertz CT molecular complexity index is 534. The molecule has 0 saturated carbocycles. The summed E-state index contributed by atoms with van der Waals surface area (Å²) in [5, 5.41) is 11.2. The number of hydrogen-bond acceptors (Lipinski definition) is 4. The summed E-state index contributed by atoms with van der Waals surface area (Å²) in [6.07, 6.45) is 4.59. The predicted octanol–water partition coefficient (Wildman–Crippen LogP) is 4.36. The molecule has 0 spiro atoms. The average molecular weight is 324 g/mol. The molecule has 0 aliphatic heterocycles. The molecule has 0 heterocycles. The van der Waals surface area contributed by atoms with E-state index in [0.29, 0.717) is 6.54 Å². The van der Waals surface area contributed by atoms with Crippen molar-refractivity contribution in [3.05, 3.63) is 33.9 Å². The minimum absolute atomic E-state index is 0.0663. The van der Waals surface area contributed by atoms with E-state index in [-0.39, 0.29) is 23.2 Å². The standard InChI is InChI=1S/C16H24N2O3S/c1-5-7-10-17(12(3)6-2)16(19)14-11-13(22-4)8-9-15(14)18(20)21/h8-9,11-12H,5-7,10H2,1-4H3. The van der Waals surface area contributed by atoms with Crippen LogP contribution in [0.2, 0.25) is 0 Å². The van der Waals surface area contributed by atoms with Crippen LogP contribution < -0.4 is 0 Å².